The average molecular weight is 245 g/mol. The maximum atomic E-state index is 13.5. The molecule has 0 radical (unpaired) electrons. The van der Waals surface area contributed by atoms with Crippen molar-refractivity contribution in [1.82, 2.24) is 4.98 Å². The zero-order valence-corrected chi connectivity index (χ0v) is 10.2. The Balaban J connectivity index is 2.89. The number of nitrogens with one attached hydrogen (secondary N) is 2. The van der Waals surface area contributed by atoms with Gasteiger partial charge in [0.15, 0.2) is 23.3 Å². The van der Waals surface area contributed by atoms with Crippen LogP contribution in [0, 0.1) is 11.6 Å². The van der Waals surface area contributed by atoms with Crippen LogP contribution >= 0.6 is 0 Å². The van der Waals surface area contributed by atoms with Crippen LogP contribution in [0.1, 0.15) is 13.3 Å². The smallest absolute Gasteiger partial charge is 0.168 e. The largest absolute Gasteiger partial charge is 0.383 e. The highest BCUT2D eigenvalue weighted by Crippen LogP contribution is 2.19. The van der Waals surface area contributed by atoms with Crippen LogP contribution in [0.4, 0.5) is 20.4 Å². The number of aromatic nitrogens is 1. The van der Waals surface area contributed by atoms with Crippen LogP contribution in [0.2, 0.25) is 0 Å². The molecule has 0 spiro atoms. The van der Waals surface area contributed by atoms with Crippen molar-refractivity contribution in [2.24, 2.45) is 0 Å². The van der Waals surface area contributed by atoms with Crippen LogP contribution in [-0.4, -0.2) is 31.8 Å². The maximum absolute atomic E-state index is 13.5. The van der Waals surface area contributed by atoms with Crippen molar-refractivity contribution < 1.29 is 13.5 Å². The van der Waals surface area contributed by atoms with Gasteiger partial charge in [-0.25, -0.2) is 13.8 Å². The van der Waals surface area contributed by atoms with E-state index in [1.807, 2.05) is 6.92 Å². The van der Waals surface area contributed by atoms with Gasteiger partial charge in [-0.15, -0.1) is 0 Å². The molecule has 0 saturated carbocycles. The number of rotatable bonds is 6. The van der Waals surface area contributed by atoms with Gasteiger partial charge in [0.05, 0.1) is 12.6 Å². The van der Waals surface area contributed by atoms with Gasteiger partial charge in [0.1, 0.15) is 0 Å². The second-order valence-electron chi connectivity index (χ2n) is 3.60. The van der Waals surface area contributed by atoms with E-state index in [9.17, 15) is 8.78 Å². The Kier molecular flexibility index (Phi) is 5.09. The van der Waals surface area contributed by atoms with Gasteiger partial charge in [0.2, 0.25) is 0 Å². The molecule has 6 heteroatoms. The van der Waals surface area contributed by atoms with E-state index >= 15 is 0 Å². The van der Waals surface area contributed by atoms with Gasteiger partial charge in [-0.05, 0) is 6.42 Å². The van der Waals surface area contributed by atoms with Gasteiger partial charge in [-0.3, -0.25) is 0 Å². The number of methoxy groups -OCH3 is 1. The van der Waals surface area contributed by atoms with Crippen molar-refractivity contribution in [3.05, 3.63) is 17.7 Å². The molecule has 4 nitrogen and oxygen atoms in total. The van der Waals surface area contributed by atoms with Crippen molar-refractivity contribution in [1.29, 1.82) is 0 Å². The maximum Gasteiger partial charge on any atom is 0.168 e. The molecule has 17 heavy (non-hydrogen) atoms. The van der Waals surface area contributed by atoms with Crippen LogP contribution in [0.5, 0.6) is 0 Å². The predicted octanol–water partition coefficient (Wildman–Crippen LogP) is 2.24. The highest BCUT2D eigenvalue weighted by molar-refractivity contribution is 5.47. The monoisotopic (exact) mass is 245 g/mol. The van der Waals surface area contributed by atoms with E-state index in [4.69, 9.17) is 4.74 Å². The molecule has 1 rings (SSSR count). The molecule has 0 aliphatic heterocycles. The van der Waals surface area contributed by atoms with E-state index in [-0.39, 0.29) is 17.7 Å². The van der Waals surface area contributed by atoms with Crippen LogP contribution in [0.25, 0.3) is 0 Å². The van der Waals surface area contributed by atoms with Gasteiger partial charge in [-0.2, -0.15) is 0 Å². The molecule has 1 aromatic rings. The molecular weight excluding hydrogens is 228 g/mol. The first-order valence-electron chi connectivity index (χ1n) is 5.41. The summed E-state index contributed by atoms with van der Waals surface area (Å²) in [6, 6.07) is 0.748. The molecule has 1 atom stereocenters. The predicted molar refractivity (Wildman–Crippen MR) is 63.3 cm³/mol. The lowest BCUT2D eigenvalue weighted by Crippen LogP contribution is -2.25. The number of hydrogen-bond donors (Lipinski definition) is 2. The van der Waals surface area contributed by atoms with E-state index in [1.54, 1.807) is 7.11 Å². The van der Waals surface area contributed by atoms with Gasteiger partial charge in [0.25, 0.3) is 0 Å². The molecule has 1 heterocycles. The summed E-state index contributed by atoms with van der Waals surface area (Å²) in [5, 5.41) is 5.44. The molecule has 1 unspecified atom stereocenters. The van der Waals surface area contributed by atoms with Gasteiger partial charge >= 0.3 is 0 Å². The minimum atomic E-state index is -0.713. The summed E-state index contributed by atoms with van der Waals surface area (Å²) >= 11 is 0. The summed E-state index contributed by atoms with van der Waals surface area (Å²) in [7, 11) is 3.09. The molecule has 0 aromatic carbocycles. The second kappa shape index (κ2) is 6.34. The first-order valence-corrected chi connectivity index (χ1v) is 5.41. The van der Waals surface area contributed by atoms with E-state index in [0.717, 1.165) is 12.5 Å². The zero-order chi connectivity index (χ0) is 12.8. The third-order valence-electron chi connectivity index (χ3n) is 2.37. The van der Waals surface area contributed by atoms with Crippen molar-refractivity contribution in [2.75, 3.05) is 31.4 Å². The molecule has 0 aliphatic rings. The first-order chi connectivity index (χ1) is 8.12. The molecule has 0 aliphatic carbocycles. The molecular formula is C11H17F2N3O. The fourth-order valence-corrected chi connectivity index (χ4v) is 1.40. The molecule has 96 valence electrons. The van der Waals surface area contributed by atoms with Crippen LogP contribution in [-0.2, 0) is 4.74 Å². The summed E-state index contributed by atoms with van der Waals surface area (Å²) < 4.78 is 31.6. The molecule has 2 N–H and O–H groups in total. The van der Waals surface area contributed by atoms with E-state index in [1.165, 1.54) is 7.05 Å². The number of hydrogen-bond acceptors (Lipinski definition) is 4. The Labute approximate surface area is 99.4 Å². The first kappa shape index (κ1) is 13.6. The Morgan fingerprint density at radius 3 is 2.53 bits per heavy atom. The standard InChI is InChI=1S/C11H17F2N3O/c1-4-7(6-17-3)15-11-9(13)5-8(12)10(14-2)16-11/h5,7H,4,6H2,1-3H3,(H2,14,15,16). The molecule has 1 aromatic heterocycles. The minimum Gasteiger partial charge on any atom is -0.383 e. The Morgan fingerprint density at radius 2 is 2.00 bits per heavy atom. The quantitative estimate of drug-likeness (QED) is 0.807. The van der Waals surface area contributed by atoms with Crippen LogP contribution < -0.4 is 10.6 Å². The lowest BCUT2D eigenvalue weighted by Gasteiger charge is -2.17. The summed E-state index contributed by atoms with van der Waals surface area (Å²) in [5.41, 5.74) is 0. The van der Waals surface area contributed by atoms with E-state index in [0.29, 0.717) is 6.61 Å². The minimum absolute atomic E-state index is 0.0150. The van der Waals surface area contributed by atoms with E-state index in [2.05, 4.69) is 15.6 Å². The molecule has 0 saturated heterocycles. The Bertz CT molecular complexity index is 374. The van der Waals surface area contributed by atoms with Gasteiger partial charge in [0, 0.05) is 20.2 Å². The third-order valence-corrected chi connectivity index (χ3v) is 2.37. The van der Waals surface area contributed by atoms with Crippen molar-refractivity contribution in [2.45, 2.75) is 19.4 Å². The van der Waals surface area contributed by atoms with E-state index < -0.39 is 11.6 Å². The SMILES string of the molecule is CCC(COC)Nc1nc(NC)c(F)cc1F. The number of ether oxygens (including phenoxy) is 1. The third kappa shape index (κ3) is 3.52. The number of anilines is 2. The average Bonchev–Trinajstić information content (AvgIpc) is 2.31. The fraction of sp³-hybridized carbons (Fsp3) is 0.545. The second-order valence-corrected chi connectivity index (χ2v) is 3.60. The Morgan fingerprint density at radius 1 is 1.35 bits per heavy atom. The Hall–Kier alpha value is -1.43. The summed E-state index contributed by atoms with van der Waals surface area (Å²) in [4.78, 5) is 3.83. The van der Waals surface area contributed by atoms with Gasteiger partial charge in [-0.1, -0.05) is 6.92 Å². The highest BCUT2D eigenvalue weighted by atomic mass is 19.1. The zero-order valence-electron chi connectivity index (χ0n) is 10.2. The normalized spacial score (nSPS) is 12.3. The molecule has 0 bridgehead atoms. The van der Waals surface area contributed by atoms with Gasteiger partial charge < -0.3 is 15.4 Å². The van der Waals surface area contributed by atoms with Crippen LogP contribution in [0.3, 0.4) is 0 Å². The van der Waals surface area contributed by atoms with Crippen molar-refractivity contribution >= 4 is 11.6 Å². The number of pyridine rings is 1. The summed E-state index contributed by atoms with van der Waals surface area (Å²) in [6.45, 7) is 2.38. The summed E-state index contributed by atoms with van der Waals surface area (Å²) in [6.07, 6.45) is 0.751. The lowest BCUT2D eigenvalue weighted by molar-refractivity contribution is 0.184. The molecule has 0 amide bonds. The number of halogens is 2. The van der Waals surface area contributed by atoms with Crippen molar-refractivity contribution in [3.8, 4) is 0 Å². The topological polar surface area (TPSA) is 46.2 Å². The molecule has 0 fully saturated rings. The highest BCUT2D eigenvalue weighted by Gasteiger charge is 2.14. The van der Waals surface area contributed by atoms with Crippen LogP contribution in [0.15, 0.2) is 6.07 Å². The fourth-order valence-electron chi connectivity index (χ4n) is 1.40. The number of nitrogens with zero attached hydrogens (tertiary/aromatic N) is 1. The van der Waals surface area contributed by atoms with Crippen molar-refractivity contribution in [3.63, 3.8) is 0 Å². The summed E-state index contributed by atoms with van der Waals surface area (Å²) in [5.74, 6) is -1.38. The lowest BCUT2D eigenvalue weighted by atomic mass is 10.2.